The molecule has 2 aromatic heterocycles. The Kier molecular flexibility index (Phi) is 5.48. The molecule has 3 rings (SSSR count). The van der Waals surface area contributed by atoms with Crippen molar-refractivity contribution in [2.24, 2.45) is 0 Å². The molecule has 1 aromatic carbocycles. The van der Waals surface area contributed by atoms with Crippen molar-refractivity contribution < 1.29 is 27.1 Å². The fourth-order valence-electron chi connectivity index (χ4n) is 2.44. The summed E-state index contributed by atoms with van der Waals surface area (Å²) in [4.78, 5) is 27.5. The van der Waals surface area contributed by atoms with Gasteiger partial charge in [0.1, 0.15) is 5.25 Å². The highest BCUT2D eigenvalue weighted by Gasteiger charge is 2.32. The number of alkyl halides is 3. The first-order valence-corrected chi connectivity index (χ1v) is 9.44. The summed E-state index contributed by atoms with van der Waals surface area (Å²) in [5.41, 5.74) is -0.937. The standard InChI is InChI=1S/C17H12F4N2O3S2/c1-8(15(24)26-2)27-10-3-4-12-13(6-10)28-16(25)23(12)14-11(18)5-9(7-22-14)17(19,20)21/h3-8H,1-2H3. The van der Waals surface area contributed by atoms with Crippen molar-refractivity contribution in [1.29, 1.82) is 0 Å². The zero-order chi connectivity index (χ0) is 20.6. The highest BCUT2D eigenvalue weighted by Crippen LogP contribution is 2.32. The van der Waals surface area contributed by atoms with Crippen molar-refractivity contribution in [3.63, 3.8) is 0 Å². The number of fused-ring (bicyclic) bond motifs is 1. The number of halogens is 4. The summed E-state index contributed by atoms with van der Waals surface area (Å²) >= 11 is 2.01. The number of aromatic nitrogens is 2. The third-order valence-electron chi connectivity index (χ3n) is 3.76. The minimum Gasteiger partial charge on any atom is -0.468 e. The Bertz CT molecular complexity index is 1110. The Balaban J connectivity index is 2.03. The van der Waals surface area contributed by atoms with E-state index in [-0.39, 0.29) is 0 Å². The maximum absolute atomic E-state index is 14.3. The summed E-state index contributed by atoms with van der Waals surface area (Å²) in [5.74, 6) is -2.17. The molecule has 0 fully saturated rings. The maximum Gasteiger partial charge on any atom is 0.417 e. The summed E-state index contributed by atoms with van der Waals surface area (Å²) in [6.07, 6.45) is -4.26. The quantitative estimate of drug-likeness (QED) is 0.350. The van der Waals surface area contributed by atoms with Crippen LogP contribution in [0.2, 0.25) is 0 Å². The molecule has 0 N–H and O–H groups in total. The van der Waals surface area contributed by atoms with E-state index in [2.05, 4.69) is 9.72 Å². The molecule has 2 heterocycles. The van der Waals surface area contributed by atoms with Crippen molar-refractivity contribution in [2.75, 3.05) is 7.11 Å². The molecule has 0 aliphatic rings. The van der Waals surface area contributed by atoms with E-state index in [1.165, 1.54) is 24.9 Å². The normalized spacial score (nSPS) is 12.9. The molecule has 3 aromatic rings. The largest absolute Gasteiger partial charge is 0.468 e. The molecule has 11 heteroatoms. The van der Waals surface area contributed by atoms with Crippen molar-refractivity contribution >= 4 is 39.3 Å². The lowest BCUT2D eigenvalue weighted by molar-refractivity contribution is -0.139. The summed E-state index contributed by atoms with van der Waals surface area (Å²) in [6, 6.07) is 5.10. The number of esters is 1. The van der Waals surface area contributed by atoms with Gasteiger partial charge in [-0.15, -0.1) is 11.8 Å². The Morgan fingerprint density at radius 1 is 1.32 bits per heavy atom. The van der Waals surface area contributed by atoms with E-state index in [9.17, 15) is 27.2 Å². The molecule has 0 amide bonds. The molecule has 28 heavy (non-hydrogen) atoms. The fraction of sp³-hybridized carbons (Fsp3) is 0.235. The second kappa shape index (κ2) is 7.55. The van der Waals surface area contributed by atoms with Gasteiger partial charge in [0.15, 0.2) is 11.6 Å². The number of hydrogen-bond acceptors (Lipinski definition) is 6. The van der Waals surface area contributed by atoms with Crippen LogP contribution < -0.4 is 4.87 Å². The number of thiazole rings is 1. The van der Waals surface area contributed by atoms with E-state index >= 15 is 0 Å². The number of nitrogens with zero attached hydrogens (tertiary/aromatic N) is 2. The van der Waals surface area contributed by atoms with Crippen LogP contribution >= 0.6 is 23.1 Å². The Labute approximate surface area is 164 Å². The summed E-state index contributed by atoms with van der Waals surface area (Å²) in [6.45, 7) is 1.66. The van der Waals surface area contributed by atoms with Gasteiger partial charge in [-0.1, -0.05) is 11.3 Å². The number of rotatable bonds is 4. The third kappa shape index (κ3) is 3.90. The van der Waals surface area contributed by atoms with Gasteiger partial charge in [0, 0.05) is 11.1 Å². The molecule has 5 nitrogen and oxygen atoms in total. The van der Waals surface area contributed by atoms with Crippen LogP contribution in [0.5, 0.6) is 0 Å². The Morgan fingerprint density at radius 3 is 2.64 bits per heavy atom. The third-order valence-corrected chi connectivity index (χ3v) is 5.74. The lowest BCUT2D eigenvalue weighted by Gasteiger charge is -2.10. The summed E-state index contributed by atoms with van der Waals surface area (Å²) in [7, 11) is 1.28. The summed E-state index contributed by atoms with van der Waals surface area (Å²) in [5, 5.41) is -0.477. The van der Waals surface area contributed by atoms with Crippen molar-refractivity contribution in [3.05, 3.63) is 51.5 Å². The number of carbonyl (C=O) groups excluding carboxylic acids is 1. The molecule has 0 saturated carbocycles. The molecule has 0 saturated heterocycles. The van der Waals surface area contributed by atoms with E-state index in [0.29, 0.717) is 27.4 Å². The van der Waals surface area contributed by atoms with Crippen molar-refractivity contribution in [2.45, 2.75) is 23.2 Å². The lowest BCUT2D eigenvalue weighted by atomic mass is 10.2. The Morgan fingerprint density at radius 2 is 2.04 bits per heavy atom. The van der Waals surface area contributed by atoms with Gasteiger partial charge in [-0.3, -0.25) is 9.59 Å². The molecular formula is C17H12F4N2O3S2. The monoisotopic (exact) mass is 432 g/mol. The average molecular weight is 432 g/mol. The van der Waals surface area contributed by atoms with Gasteiger partial charge < -0.3 is 4.74 Å². The molecule has 0 aliphatic heterocycles. The Hall–Kier alpha value is -2.40. The molecule has 148 valence electrons. The number of benzene rings is 1. The second-order valence-corrected chi connectivity index (χ2v) is 8.05. The molecular weight excluding hydrogens is 420 g/mol. The lowest BCUT2D eigenvalue weighted by Crippen LogP contribution is -2.15. The fourth-order valence-corrected chi connectivity index (χ4v) is 4.36. The molecule has 1 atom stereocenters. The topological polar surface area (TPSA) is 61.2 Å². The van der Waals surface area contributed by atoms with Crippen molar-refractivity contribution in [1.82, 2.24) is 9.55 Å². The molecule has 0 spiro atoms. The molecule has 0 aliphatic carbocycles. The molecule has 1 unspecified atom stereocenters. The van der Waals surface area contributed by atoms with E-state index in [0.717, 1.165) is 15.9 Å². The van der Waals surface area contributed by atoms with Gasteiger partial charge in [-0.05, 0) is 31.2 Å². The van der Waals surface area contributed by atoms with Crippen LogP contribution in [0, 0.1) is 5.82 Å². The minimum atomic E-state index is -4.74. The second-order valence-electron chi connectivity index (χ2n) is 5.64. The predicted molar refractivity (Wildman–Crippen MR) is 97.5 cm³/mol. The molecule has 0 radical (unpaired) electrons. The van der Waals surface area contributed by atoms with Crippen LogP contribution in [0.25, 0.3) is 16.0 Å². The van der Waals surface area contributed by atoms with Gasteiger partial charge in [0.05, 0.1) is 22.9 Å². The number of hydrogen-bond donors (Lipinski definition) is 0. The van der Waals surface area contributed by atoms with Gasteiger partial charge >= 0.3 is 17.0 Å². The molecule has 0 bridgehead atoms. The maximum atomic E-state index is 14.3. The first-order chi connectivity index (χ1) is 13.1. The zero-order valence-corrected chi connectivity index (χ0v) is 16.0. The SMILES string of the molecule is COC(=O)C(C)Sc1ccc2c(c1)sc(=O)n2-c1ncc(C(F)(F)F)cc1F. The number of methoxy groups -OCH3 is 1. The van der Waals surface area contributed by atoms with E-state index < -0.39 is 39.5 Å². The van der Waals surface area contributed by atoms with E-state index in [1.54, 1.807) is 19.1 Å². The van der Waals surface area contributed by atoms with Crippen LogP contribution in [0.3, 0.4) is 0 Å². The van der Waals surface area contributed by atoms with E-state index in [4.69, 9.17) is 0 Å². The van der Waals surface area contributed by atoms with Crippen LogP contribution in [0.1, 0.15) is 12.5 Å². The van der Waals surface area contributed by atoms with Crippen molar-refractivity contribution in [3.8, 4) is 5.82 Å². The smallest absolute Gasteiger partial charge is 0.417 e. The highest BCUT2D eigenvalue weighted by molar-refractivity contribution is 8.00. The van der Waals surface area contributed by atoms with Gasteiger partial charge in [0.25, 0.3) is 0 Å². The first kappa shape index (κ1) is 20.3. The average Bonchev–Trinajstić information content (AvgIpc) is 2.95. The van der Waals surface area contributed by atoms with Gasteiger partial charge in [-0.2, -0.15) is 13.2 Å². The summed E-state index contributed by atoms with van der Waals surface area (Å²) < 4.78 is 58.4. The zero-order valence-electron chi connectivity index (χ0n) is 14.4. The first-order valence-electron chi connectivity index (χ1n) is 7.75. The van der Waals surface area contributed by atoms with E-state index in [1.807, 2.05) is 0 Å². The van der Waals surface area contributed by atoms with Gasteiger partial charge in [0.2, 0.25) is 0 Å². The van der Waals surface area contributed by atoms with Crippen LogP contribution in [-0.2, 0) is 15.7 Å². The van der Waals surface area contributed by atoms with Crippen LogP contribution in [0.4, 0.5) is 17.6 Å². The number of pyridine rings is 1. The number of ether oxygens (including phenoxy) is 1. The van der Waals surface area contributed by atoms with Crippen LogP contribution in [0.15, 0.2) is 40.2 Å². The highest BCUT2D eigenvalue weighted by atomic mass is 32.2. The predicted octanol–water partition coefficient (Wildman–Crippen LogP) is 4.26. The van der Waals surface area contributed by atoms with Crippen LogP contribution in [-0.4, -0.2) is 27.9 Å². The minimum absolute atomic E-state index is 0.302. The number of carbonyl (C=O) groups is 1. The van der Waals surface area contributed by atoms with Gasteiger partial charge in [-0.25, -0.2) is 13.9 Å². The number of thioether (sulfide) groups is 1.